The molecule has 0 bridgehead atoms. The summed E-state index contributed by atoms with van der Waals surface area (Å²) < 4.78 is 5.46. The van der Waals surface area contributed by atoms with Crippen molar-refractivity contribution in [3.8, 4) is 5.75 Å². The Labute approximate surface area is 127 Å². The van der Waals surface area contributed by atoms with Crippen molar-refractivity contribution in [2.24, 2.45) is 5.41 Å². The number of hydrogen-bond acceptors (Lipinski definition) is 3. The molecular weight excluding hydrogens is 264 g/mol. The van der Waals surface area contributed by atoms with Crippen molar-refractivity contribution in [1.82, 2.24) is 10.2 Å². The Morgan fingerprint density at radius 2 is 1.95 bits per heavy atom. The third-order valence-electron chi connectivity index (χ3n) is 3.74. The summed E-state index contributed by atoms with van der Waals surface area (Å²) in [7, 11) is 1.67. The second-order valence-corrected chi connectivity index (χ2v) is 6.80. The third kappa shape index (κ3) is 3.38. The maximum atomic E-state index is 12.6. The van der Waals surface area contributed by atoms with Crippen molar-refractivity contribution in [2.75, 3.05) is 13.7 Å². The van der Waals surface area contributed by atoms with E-state index in [2.05, 4.69) is 26.1 Å². The molecule has 1 N–H and O–H groups in total. The van der Waals surface area contributed by atoms with E-state index < -0.39 is 0 Å². The highest BCUT2D eigenvalue weighted by Gasteiger charge is 2.41. The van der Waals surface area contributed by atoms with Gasteiger partial charge in [-0.05, 0) is 17.9 Å². The molecule has 2 unspecified atom stereocenters. The summed E-state index contributed by atoms with van der Waals surface area (Å²) in [6.45, 7) is 9.21. The molecule has 0 saturated carbocycles. The smallest absolute Gasteiger partial charge is 0.241 e. The van der Waals surface area contributed by atoms with Gasteiger partial charge in [-0.2, -0.15) is 0 Å². The summed E-state index contributed by atoms with van der Waals surface area (Å²) >= 11 is 0. The molecule has 4 heteroatoms. The number of rotatable bonds is 4. The van der Waals surface area contributed by atoms with Crippen LogP contribution in [-0.4, -0.2) is 30.5 Å². The molecule has 0 aliphatic carbocycles. The zero-order valence-electron chi connectivity index (χ0n) is 13.6. The molecule has 21 heavy (non-hydrogen) atoms. The molecule has 0 radical (unpaired) electrons. The fraction of sp³-hybridized carbons (Fsp3) is 0.588. The first-order valence-electron chi connectivity index (χ1n) is 7.57. The van der Waals surface area contributed by atoms with Crippen molar-refractivity contribution in [3.63, 3.8) is 0 Å². The second kappa shape index (κ2) is 6.06. The molecule has 1 aliphatic rings. The fourth-order valence-corrected chi connectivity index (χ4v) is 2.80. The Hall–Kier alpha value is -1.55. The van der Waals surface area contributed by atoms with E-state index in [9.17, 15) is 4.79 Å². The summed E-state index contributed by atoms with van der Waals surface area (Å²) in [6.07, 6.45) is 0.684. The van der Waals surface area contributed by atoms with Gasteiger partial charge in [0.25, 0.3) is 0 Å². The molecule has 1 aromatic carbocycles. The Kier molecular flexibility index (Phi) is 4.57. The van der Waals surface area contributed by atoms with Crippen LogP contribution >= 0.6 is 0 Å². The quantitative estimate of drug-likeness (QED) is 0.927. The Morgan fingerprint density at radius 3 is 2.52 bits per heavy atom. The summed E-state index contributed by atoms with van der Waals surface area (Å²) in [4.78, 5) is 14.6. The molecular formula is C17H26N2O2. The summed E-state index contributed by atoms with van der Waals surface area (Å²) in [6, 6.07) is 7.79. The molecule has 1 aliphatic heterocycles. The molecule has 1 aromatic rings. The van der Waals surface area contributed by atoms with Crippen LogP contribution in [0.15, 0.2) is 24.3 Å². The molecule has 0 aromatic heterocycles. The lowest BCUT2D eigenvalue weighted by atomic mass is 9.95. The highest BCUT2D eigenvalue weighted by Crippen LogP contribution is 2.34. The van der Waals surface area contributed by atoms with Crippen LogP contribution in [0, 0.1) is 5.41 Å². The fourth-order valence-electron chi connectivity index (χ4n) is 2.80. The number of methoxy groups -OCH3 is 1. The number of nitrogens with one attached hydrogen (secondary N) is 1. The summed E-state index contributed by atoms with van der Waals surface area (Å²) in [5.74, 6) is 1.00. The molecule has 2 atom stereocenters. The van der Waals surface area contributed by atoms with Crippen LogP contribution in [0.2, 0.25) is 0 Å². The minimum atomic E-state index is -0.113. The minimum absolute atomic E-state index is 0.0558. The molecule has 1 saturated heterocycles. The van der Waals surface area contributed by atoms with E-state index in [0.717, 1.165) is 24.3 Å². The van der Waals surface area contributed by atoms with E-state index in [-0.39, 0.29) is 23.5 Å². The zero-order chi connectivity index (χ0) is 15.6. The SMILES string of the molecule is CCC1NC(c2ccccc2OC)N(CC(C)(C)C)C1=O. The van der Waals surface area contributed by atoms with Gasteiger partial charge in [0, 0.05) is 12.1 Å². The minimum Gasteiger partial charge on any atom is -0.496 e. The number of amides is 1. The van der Waals surface area contributed by atoms with Gasteiger partial charge in [0.05, 0.1) is 13.2 Å². The molecule has 1 amide bonds. The van der Waals surface area contributed by atoms with Crippen LogP contribution in [0.3, 0.4) is 0 Å². The van der Waals surface area contributed by atoms with E-state index in [1.165, 1.54) is 0 Å². The lowest BCUT2D eigenvalue weighted by Gasteiger charge is -2.31. The highest BCUT2D eigenvalue weighted by atomic mass is 16.5. The summed E-state index contributed by atoms with van der Waals surface area (Å²) in [5, 5.41) is 3.45. The first-order valence-corrected chi connectivity index (χ1v) is 7.57. The molecule has 116 valence electrons. The van der Waals surface area contributed by atoms with Gasteiger partial charge in [0.2, 0.25) is 5.91 Å². The van der Waals surface area contributed by atoms with Gasteiger partial charge in [-0.1, -0.05) is 45.9 Å². The predicted molar refractivity (Wildman–Crippen MR) is 84.1 cm³/mol. The third-order valence-corrected chi connectivity index (χ3v) is 3.74. The van der Waals surface area contributed by atoms with Gasteiger partial charge in [-0.3, -0.25) is 10.1 Å². The average molecular weight is 290 g/mol. The van der Waals surface area contributed by atoms with Crippen molar-refractivity contribution in [1.29, 1.82) is 0 Å². The second-order valence-electron chi connectivity index (χ2n) is 6.80. The zero-order valence-corrected chi connectivity index (χ0v) is 13.6. The van der Waals surface area contributed by atoms with E-state index >= 15 is 0 Å². The Morgan fingerprint density at radius 1 is 1.29 bits per heavy atom. The van der Waals surface area contributed by atoms with Crippen molar-refractivity contribution in [3.05, 3.63) is 29.8 Å². The standard InChI is InChI=1S/C17H26N2O2/c1-6-13-16(20)19(11-17(2,3)4)15(18-13)12-9-7-8-10-14(12)21-5/h7-10,13,15,18H,6,11H2,1-5H3. The van der Waals surface area contributed by atoms with Crippen molar-refractivity contribution in [2.45, 2.75) is 46.3 Å². The van der Waals surface area contributed by atoms with Gasteiger partial charge in [0.1, 0.15) is 11.9 Å². The van der Waals surface area contributed by atoms with Gasteiger partial charge >= 0.3 is 0 Å². The average Bonchev–Trinajstić information content (AvgIpc) is 2.74. The van der Waals surface area contributed by atoms with Gasteiger partial charge in [-0.25, -0.2) is 0 Å². The number of carbonyl (C=O) groups excluding carboxylic acids is 1. The van der Waals surface area contributed by atoms with Gasteiger partial charge in [0.15, 0.2) is 0 Å². The van der Waals surface area contributed by atoms with Gasteiger partial charge in [-0.15, -0.1) is 0 Å². The van der Waals surface area contributed by atoms with Gasteiger partial charge < -0.3 is 9.64 Å². The maximum Gasteiger partial charge on any atom is 0.241 e. The molecule has 2 rings (SSSR count). The Balaban J connectivity index is 2.37. The van der Waals surface area contributed by atoms with Crippen LogP contribution in [0.25, 0.3) is 0 Å². The molecule has 4 nitrogen and oxygen atoms in total. The van der Waals surface area contributed by atoms with E-state index in [1.54, 1.807) is 7.11 Å². The van der Waals surface area contributed by atoms with Crippen molar-refractivity contribution < 1.29 is 9.53 Å². The number of ether oxygens (including phenoxy) is 1. The molecule has 0 spiro atoms. The molecule has 1 fully saturated rings. The number of benzene rings is 1. The topological polar surface area (TPSA) is 41.6 Å². The van der Waals surface area contributed by atoms with Crippen LogP contribution < -0.4 is 10.1 Å². The van der Waals surface area contributed by atoms with Crippen LogP contribution in [-0.2, 0) is 4.79 Å². The van der Waals surface area contributed by atoms with E-state index in [4.69, 9.17) is 4.74 Å². The van der Waals surface area contributed by atoms with E-state index in [0.29, 0.717) is 0 Å². The Bertz CT molecular complexity index is 508. The highest BCUT2D eigenvalue weighted by molar-refractivity contribution is 5.84. The maximum absolute atomic E-state index is 12.6. The lowest BCUT2D eigenvalue weighted by Crippen LogP contribution is -2.37. The summed E-state index contributed by atoms with van der Waals surface area (Å²) in [5.41, 5.74) is 1.08. The van der Waals surface area contributed by atoms with Crippen LogP contribution in [0.4, 0.5) is 0 Å². The normalized spacial score (nSPS) is 22.7. The number of nitrogens with zero attached hydrogens (tertiary/aromatic N) is 1. The number of carbonyl (C=O) groups is 1. The first-order chi connectivity index (χ1) is 9.87. The van der Waals surface area contributed by atoms with Crippen molar-refractivity contribution >= 4 is 5.91 Å². The number of hydrogen-bond donors (Lipinski definition) is 1. The number of para-hydroxylation sites is 1. The van der Waals surface area contributed by atoms with Crippen LogP contribution in [0.5, 0.6) is 5.75 Å². The monoisotopic (exact) mass is 290 g/mol. The molecule has 1 heterocycles. The predicted octanol–water partition coefficient (Wildman–Crippen LogP) is 2.95. The largest absolute Gasteiger partial charge is 0.496 e. The van der Waals surface area contributed by atoms with Crippen LogP contribution in [0.1, 0.15) is 45.8 Å². The lowest BCUT2D eigenvalue weighted by molar-refractivity contribution is -0.131. The van der Waals surface area contributed by atoms with E-state index in [1.807, 2.05) is 36.1 Å². The first kappa shape index (κ1) is 15.8.